The van der Waals surface area contributed by atoms with Crippen molar-refractivity contribution in [3.05, 3.63) is 23.0 Å². The Kier molecular flexibility index (Phi) is 3.33. The minimum Gasteiger partial charge on any atom is -0.497 e. The van der Waals surface area contributed by atoms with Crippen LogP contribution in [-0.4, -0.2) is 41.2 Å². The molecule has 4 nitrogen and oxygen atoms in total. The number of nitrogens with zero attached hydrogens (tertiary/aromatic N) is 2. The van der Waals surface area contributed by atoms with Gasteiger partial charge < -0.3 is 19.2 Å². The van der Waals surface area contributed by atoms with Gasteiger partial charge in [0.15, 0.2) is 4.77 Å². The minimum absolute atomic E-state index is 0.785. The van der Waals surface area contributed by atoms with E-state index < -0.39 is 0 Å². The summed E-state index contributed by atoms with van der Waals surface area (Å²) in [6.45, 7) is 1.97. The summed E-state index contributed by atoms with van der Waals surface area (Å²) < 4.78 is 8.19. The summed E-state index contributed by atoms with van der Waals surface area (Å²) in [5.41, 5.74) is 2.19. The molecule has 0 aliphatic heterocycles. The van der Waals surface area contributed by atoms with Crippen LogP contribution in [0, 0.1) is 4.77 Å². The van der Waals surface area contributed by atoms with Crippen LogP contribution in [0.5, 0.6) is 5.75 Å². The van der Waals surface area contributed by atoms with E-state index in [-0.39, 0.29) is 0 Å². The number of likely N-dealkylation sites (N-methyl/N-ethyl adjacent to an activating group) is 1. The molecule has 1 aromatic carbocycles. The lowest BCUT2D eigenvalue weighted by Gasteiger charge is -2.16. The molecule has 0 spiro atoms. The van der Waals surface area contributed by atoms with Crippen LogP contribution in [0.25, 0.3) is 11.0 Å². The summed E-state index contributed by atoms with van der Waals surface area (Å²) in [5.74, 6) is 0.853. The number of fused-ring (bicyclic) bond motifs is 1. The molecule has 5 heteroatoms. The lowest BCUT2D eigenvalue weighted by molar-refractivity contribution is 0.310. The van der Waals surface area contributed by atoms with E-state index in [1.54, 1.807) is 7.11 Å². The van der Waals surface area contributed by atoms with Crippen molar-refractivity contribution < 1.29 is 4.74 Å². The number of ether oxygens (including phenoxy) is 1. The summed E-state index contributed by atoms with van der Waals surface area (Å²) in [5, 5.41) is 0. The van der Waals surface area contributed by atoms with Gasteiger partial charge in [0, 0.05) is 25.2 Å². The summed E-state index contributed by atoms with van der Waals surface area (Å²) >= 11 is 5.41. The Hall–Kier alpha value is -1.33. The van der Waals surface area contributed by atoms with Gasteiger partial charge in [-0.2, -0.15) is 0 Å². The number of aromatic amines is 1. The molecule has 1 saturated carbocycles. The third kappa shape index (κ3) is 2.53. The Morgan fingerprint density at radius 2 is 2.26 bits per heavy atom. The van der Waals surface area contributed by atoms with E-state index in [1.165, 1.54) is 12.8 Å². The van der Waals surface area contributed by atoms with Gasteiger partial charge in [0.1, 0.15) is 5.75 Å². The van der Waals surface area contributed by atoms with Crippen LogP contribution in [-0.2, 0) is 6.54 Å². The fourth-order valence-corrected chi connectivity index (χ4v) is 2.75. The average Bonchev–Trinajstić information content (AvgIpc) is 3.20. The summed E-state index contributed by atoms with van der Waals surface area (Å²) in [6.07, 6.45) is 2.68. The molecule has 0 atom stereocenters. The van der Waals surface area contributed by atoms with E-state index in [0.717, 1.165) is 40.7 Å². The molecule has 2 aromatic rings. The summed E-state index contributed by atoms with van der Waals surface area (Å²) in [6, 6.07) is 6.83. The maximum Gasteiger partial charge on any atom is 0.178 e. The molecule has 19 heavy (non-hydrogen) atoms. The number of hydrogen-bond acceptors (Lipinski definition) is 3. The number of aromatic nitrogens is 2. The lowest BCUT2D eigenvalue weighted by atomic mass is 10.3. The zero-order valence-corrected chi connectivity index (χ0v) is 12.2. The number of hydrogen-bond donors (Lipinski definition) is 1. The van der Waals surface area contributed by atoms with Crippen molar-refractivity contribution in [1.82, 2.24) is 14.5 Å². The van der Waals surface area contributed by atoms with Crippen molar-refractivity contribution in [3.8, 4) is 5.75 Å². The zero-order chi connectivity index (χ0) is 13.4. The number of methoxy groups -OCH3 is 1. The first-order valence-electron chi connectivity index (χ1n) is 6.66. The van der Waals surface area contributed by atoms with Crippen LogP contribution in [0.3, 0.4) is 0 Å². The van der Waals surface area contributed by atoms with Gasteiger partial charge in [-0.1, -0.05) is 0 Å². The molecule has 3 rings (SSSR count). The standard InChI is InChI=1S/C14H19N3OS/c1-16(10-3-4-10)7-8-17-13-6-5-11(18-2)9-12(13)15-14(17)19/h5-6,9-10H,3-4,7-8H2,1-2H3,(H,15,19). The first-order chi connectivity index (χ1) is 9.19. The van der Waals surface area contributed by atoms with Gasteiger partial charge in [-0.3, -0.25) is 0 Å². The molecule has 0 bridgehead atoms. The molecular weight excluding hydrogens is 258 g/mol. The van der Waals surface area contributed by atoms with E-state index in [2.05, 4.69) is 27.6 Å². The van der Waals surface area contributed by atoms with Crippen LogP contribution in [0.2, 0.25) is 0 Å². The van der Waals surface area contributed by atoms with Crippen molar-refractivity contribution >= 4 is 23.3 Å². The van der Waals surface area contributed by atoms with Crippen molar-refractivity contribution in [1.29, 1.82) is 0 Å². The largest absolute Gasteiger partial charge is 0.497 e. The van der Waals surface area contributed by atoms with Gasteiger partial charge in [0.2, 0.25) is 0 Å². The maximum absolute atomic E-state index is 5.41. The Labute approximate surface area is 118 Å². The quantitative estimate of drug-likeness (QED) is 0.853. The molecular formula is C14H19N3OS. The minimum atomic E-state index is 0.785. The molecule has 0 saturated heterocycles. The second-order valence-corrected chi connectivity index (χ2v) is 5.56. The predicted molar refractivity (Wildman–Crippen MR) is 79.3 cm³/mol. The smallest absolute Gasteiger partial charge is 0.178 e. The fourth-order valence-electron chi connectivity index (χ4n) is 2.45. The van der Waals surface area contributed by atoms with Gasteiger partial charge in [0.25, 0.3) is 0 Å². The van der Waals surface area contributed by atoms with Gasteiger partial charge in [-0.05, 0) is 44.2 Å². The highest BCUT2D eigenvalue weighted by Gasteiger charge is 2.25. The molecule has 102 valence electrons. The maximum atomic E-state index is 5.41. The Morgan fingerprint density at radius 1 is 1.47 bits per heavy atom. The molecule has 1 aliphatic carbocycles. The third-order valence-corrected chi connectivity index (χ3v) is 4.15. The highest BCUT2D eigenvalue weighted by atomic mass is 32.1. The first-order valence-corrected chi connectivity index (χ1v) is 7.06. The van der Waals surface area contributed by atoms with Crippen molar-refractivity contribution in [2.45, 2.75) is 25.4 Å². The third-order valence-electron chi connectivity index (χ3n) is 3.83. The van der Waals surface area contributed by atoms with E-state index in [9.17, 15) is 0 Å². The van der Waals surface area contributed by atoms with Crippen LogP contribution in [0.15, 0.2) is 18.2 Å². The second kappa shape index (κ2) is 4.98. The van der Waals surface area contributed by atoms with Crippen LogP contribution < -0.4 is 4.74 Å². The normalized spacial score (nSPS) is 15.3. The predicted octanol–water partition coefficient (Wildman–Crippen LogP) is 2.80. The van der Waals surface area contributed by atoms with Crippen molar-refractivity contribution in [2.24, 2.45) is 0 Å². The number of H-pyrrole nitrogens is 1. The van der Waals surface area contributed by atoms with E-state index >= 15 is 0 Å². The molecule has 1 N–H and O–H groups in total. The number of rotatable bonds is 5. The summed E-state index contributed by atoms with van der Waals surface area (Å²) in [4.78, 5) is 5.67. The average molecular weight is 277 g/mol. The Morgan fingerprint density at radius 3 is 2.95 bits per heavy atom. The highest BCUT2D eigenvalue weighted by molar-refractivity contribution is 7.71. The first kappa shape index (κ1) is 12.7. The van der Waals surface area contributed by atoms with E-state index in [0.29, 0.717) is 0 Å². The van der Waals surface area contributed by atoms with Crippen LogP contribution >= 0.6 is 12.2 Å². The molecule has 0 unspecified atom stereocenters. The van der Waals surface area contributed by atoms with Crippen molar-refractivity contribution in [2.75, 3.05) is 20.7 Å². The Bertz CT molecular complexity index is 642. The van der Waals surface area contributed by atoms with Gasteiger partial charge in [-0.25, -0.2) is 0 Å². The van der Waals surface area contributed by atoms with Gasteiger partial charge in [0.05, 0.1) is 18.1 Å². The molecule has 1 aromatic heterocycles. The number of benzene rings is 1. The van der Waals surface area contributed by atoms with E-state index in [4.69, 9.17) is 17.0 Å². The van der Waals surface area contributed by atoms with Crippen LogP contribution in [0.4, 0.5) is 0 Å². The zero-order valence-electron chi connectivity index (χ0n) is 11.3. The molecule has 1 aliphatic rings. The number of imidazole rings is 1. The topological polar surface area (TPSA) is 33.2 Å². The molecule has 1 heterocycles. The number of nitrogens with one attached hydrogen (secondary N) is 1. The molecule has 1 fully saturated rings. The van der Waals surface area contributed by atoms with Crippen molar-refractivity contribution in [3.63, 3.8) is 0 Å². The summed E-state index contributed by atoms with van der Waals surface area (Å²) in [7, 11) is 3.87. The van der Waals surface area contributed by atoms with E-state index in [1.807, 2.05) is 12.1 Å². The highest BCUT2D eigenvalue weighted by Crippen LogP contribution is 2.25. The molecule has 0 radical (unpaired) electrons. The Balaban J connectivity index is 1.85. The lowest BCUT2D eigenvalue weighted by Crippen LogP contribution is -2.25. The van der Waals surface area contributed by atoms with Gasteiger partial charge >= 0.3 is 0 Å². The monoisotopic (exact) mass is 277 g/mol. The molecule has 0 amide bonds. The van der Waals surface area contributed by atoms with Crippen LogP contribution in [0.1, 0.15) is 12.8 Å². The second-order valence-electron chi connectivity index (χ2n) is 5.18. The van der Waals surface area contributed by atoms with Gasteiger partial charge in [-0.15, -0.1) is 0 Å². The SMILES string of the molecule is COc1ccc2c(c1)[nH]c(=S)n2CCN(C)C1CC1. The fraction of sp³-hybridized carbons (Fsp3) is 0.500.